The molecule has 0 saturated carbocycles. The van der Waals surface area contributed by atoms with Crippen molar-refractivity contribution >= 4 is 23.4 Å². The average Bonchev–Trinajstić information content (AvgIpc) is 2.19. The van der Waals surface area contributed by atoms with Gasteiger partial charge in [-0.25, -0.2) is 8.78 Å². The van der Waals surface area contributed by atoms with Gasteiger partial charge in [0, 0.05) is 5.56 Å². The Bertz CT molecular complexity index is 481. The molecule has 6 nitrogen and oxygen atoms in total. The minimum absolute atomic E-state index is 0.340. The molecule has 0 amide bonds. The number of hydrogen-bond donors (Lipinski definition) is 1. The van der Waals surface area contributed by atoms with Crippen molar-refractivity contribution in [2.45, 2.75) is 12.8 Å². The number of nitrogens with zero attached hydrogens (tertiary/aromatic N) is 2. The Labute approximate surface area is 98.0 Å². The second-order valence-corrected chi connectivity index (χ2v) is 3.36. The van der Waals surface area contributed by atoms with Crippen LogP contribution in [0.3, 0.4) is 0 Å². The van der Waals surface area contributed by atoms with Gasteiger partial charge in [-0.05, 0) is 9.91 Å². The second kappa shape index (κ2) is 5.00. The number of carbonyl (C=O) groups is 1. The lowest BCUT2D eigenvalue weighted by Crippen LogP contribution is -2.09. The van der Waals surface area contributed by atoms with Gasteiger partial charge in [0.15, 0.2) is 6.20 Å². The molecule has 0 atom stereocenters. The van der Waals surface area contributed by atoms with Crippen LogP contribution in [0.15, 0.2) is 6.20 Å². The fourth-order valence-corrected chi connectivity index (χ4v) is 1.45. The third-order valence-electron chi connectivity index (χ3n) is 1.87. The first kappa shape index (κ1) is 13.2. The molecule has 0 fully saturated rings. The van der Waals surface area contributed by atoms with Gasteiger partial charge in [-0.2, -0.15) is 0 Å². The quantitative estimate of drug-likeness (QED) is 0.666. The highest BCUT2D eigenvalue weighted by molar-refractivity contribution is 6.31. The van der Waals surface area contributed by atoms with Gasteiger partial charge in [-0.15, -0.1) is 0 Å². The van der Waals surface area contributed by atoms with Crippen molar-refractivity contribution in [3.63, 3.8) is 0 Å². The maximum Gasteiger partial charge on any atom is 0.372 e. The molecule has 92 valence electrons. The van der Waals surface area contributed by atoms with E-state index in [2.05, 4.69) is 4.98 Å². The molecule has 1 rings (SSSR count). The van der Waals surface area contributed by atoms with Crippen molar-refractivity contribution in [3.05, 3.63) is 32.5 Å². The number of nitro groups is 1. The smallest absolute Gasteiger partial charge is 0.372 e. The van der Waals surface area contributed by atoms with Gasteiger partial charge in [0.25, 0.3) is 6.43 Å². The average molecular weight is 267 g/mol. The van der Waals surface area contributed by atoms with E-state index in [9.17, 15) is 23.7 Å². The van der Waals surface area contributed by atoms with Crippen LogP contribution in [0.4, 0.5) is 14.6 Å². The number of aliphatic carboxylic acids is 1. The van der Waals surface area contributed by atoms with Crippen LogP contribution in [-0.2, 0) is 11.2 Å². The van der Waals surface area contributed by atoms with Gasteiger partial charge in [-0.1, -0.05) is 11.6 Å². The molecule has 0 aliphatic rings. The maximum absolute atomic E-state index is 12.7. The topological polar surface area (TPSA) is 93.3 Å². The summed E-state index contributed by atoms with van der Waals surface area (Å²) in [5.41, 5.74) is -1.54. The lowest BCUT2D eigenvalue weighted by atomic mass is 10.1. The Morgan fingerprint density at radius 1 is 1.65 bits per heavy atom. The van der Waals surface area contributed by atoms with E-state index in [1.165, 1.54) is 0 Å². The number of aromatic nitrogens is 1. The molecule has 0 saturated heterocycles. The molecule has 9 heteroatoms. The van der Waals surface area contributed by atoms with Crippen LogP contribution < -0.4 is 0 Å². The monoisotopic (exact) mass is 266 g/mol. The number of pyridine rings is 1. The van der Waals surface area contributed by atoms with E-state index in [1.807, 2.05) is 0 Å². The van der Waals surface area contributed by atoms with Crippen LogP contribution in [0.5, 0.6) is 0 Å². The van der Waals surface area contributed by atoms with E-state index in [1.54, 1.807) is 0 Å². The summed E-state index contributed by atoms with van der Waals surface area (Å²) in [5.74, 6) is -2.50. The Balaban J connectivity index is 3.48. The zero-order valence-corrected chi connectivity index (χ0v) is 8.82. The number of rotatable bonds is 4. The molecule has 1 aromatic rings. The number of hydrogen-bond acceptors (Lipinski definition) is 4. The van der Waals surface area contributed by atoms with Gasteiger partial charge >= 0.3 is 11.8 Å². The first-order chi connectivity index (χ1) is 7.84. The van der Waals surface area contributed by atoms with E-state index in [-0.39, 0.29) is 5.02 Å². The van der Waals surface area contributed by atoms with Gasteiger partial charge < -0.3 is 15.2 Å². The van der Waals surface area contributed by atoms with Crippen molar-refractivity contribution in [1.29, 1.82) is 0 Å². The minimum atomic E-state index is -3.23. The third-order valence-corrected chi connectivity index (χ3v) is 2.20. The lowest BCUT2D eigenvalue weighted by molar-refractivity contribution is -0.391. The fourth-order valence-electron chi connectivity index (χ4n) is 1.23. The number of carboxylic acid groups (broad SMARTS) is 1. The summed E-state index contributed by atoms with van der Waals surface area (Å²) in [4.78, 5) is 23.0. The van der Waals surface area contributed by atoms with Crippen molar-refractivity contribution in [3.8, 4) is 0 Å². The van der Waals surface area contributed by atoms with E-state index >= 15 is 0 Å². The van der Waals surface area contributed by atoms with Crippen LogP contribution in [0, 0.1) is 10.1 Å². The predicted molar refractivity (Wildman–Crippen MR) is 52.2 cm³/mol. The largest absolute Gasteiger partial charge is 0.481 e. The summed E-state index contributed by atoms with van der Waals surface area (Å²) in [5, 5.41) is 18.7. The van der Waals surface area contributed by atoms with Crippen LogP contribution in [0.1, 0.15) is 17.6 Å². The highest BCUT2D eigenvalue weighted by Crippen LogP contribution is 2.34. The van der Waals surface area contributed by atoms with Crippen molar-refractivity contribution in [2.75, 3.05) is 0 Å². The molecule has 0 unspecified atom stereocenters. The first-order valence-corrected chi connectivity index (χ1v) is 4.54. The Kier molecular flexibility index (Phi) is 3.89. The molecule has 1 heterocycles. The molecule has 1 aromatic heterocycles. The van der Waals surface area contributed by atoms with E-state index in [0.29, 0.717) is 0 Å². The van der Waals surface area contributed by atoms with Gasteiger partial charge in [0.05, 0.1) is 11.4 Å². The highest BCUT2D eigenvalue weighted by atomic mass is 35.5. The normalized spacial score (nSPS) is 10.6. The van der Waals surface area contributed by atoms with Gasteiger partial charge in [0.1, 0.15) is 5.56 Å². The Morgan fingerprint density at radius 2 is 2.24 bits per heavy atom. The third kappa shape index (κ3) is 2.84. The molecule has 0 aliphatic heterocycles. The van der Waals surface area contributed by atoms with Gasteiger partial charge in [0.2, 0.25) is 0 Å². The van der Waals surface area contributed by atoms with Crippen LogP contribution in [0.2, 0.25) is 5.02 Å². The molecular formula is C8H5ClF2N2O4. The van der Waals surface area contributed by atoms with Crippen molar-refractivity contribution < 1.29 is 23.6 Å². The van der Waals surface area contributed by atoms with Crippen molar-refractivity contribution in [2.24, 2.45) is 0 Å². The first-order valence-electron chi connectivity index (χ1n) is 4.16. The van der Waals surface area contributed by atoms with Gasteiger partial charge in [-0.3, -0.25) is 4.79 Å². The maximum atomic E-state index is 12.7. The molecule has 0 spiro atoms. The zero-order chi connectivity index (χ0) is 13.2. The summed E-state index contributed by atoms with van der Waals surface area (Å²) in [6.07, 6.45) is -3.28. The summed E-state index contributed by atoms with van der Waals surface area (Å²) in [6, 6.07) is 0. The summed E-state index contributed by atoms with van der Waals surface area (Å²) in [7, 11) is 0. The van der Waals surface area contributed by atoms with Crippen LogP contribution >= 0.6 is 11.6 Å². The Hall–Kier alpha value is -1.83. The Morgan fingerprint density at radius 3 is 2.65 bits per heavy atom. The van der Waals surface area contributed by atoms with Crippen molar-refractivity contribution in [1.82, 2.24) is 4.98 Å². The van der Waals surface area contributed by atoms with E-state index in [4.69, 9.17) is 16.7 Å². The van der Waals surface area contributed by atoms with Crippen LogP contribution in [-0.4, -0.2) is 21.0 Å². The summed E-state index contributed by atoms with van der Waals surface area (Å²) >= 11 is 5.51. The van der Waals surface area contributed by atoms with Crippen LogP contribution in [0.25, 0.3) is 0 Å². The minimum Gasteiger partial charge on any atom is -0.481 e. The number of carboxylic acids is 1. The van der Waals surface area contributed by atoms with E-state index in [0.717, 1.165) is 6.20 Å². The molecule has 0 radical (unpaired) electrons. The molecule has 1 N–H and O–H groups in total. The molecule has 0 aliphatic carbocycles. The second-order valence-electron chi connectivity index (χ2n) is 2.95. The lowest BCUT2D eigenvalue weighted by Gasteiger charge is -2.08. The fraction of sp³-hybridized carbons (Fsp3) is 0.250. The molecular weight excluding hydrogens is 262 g/mol. The number of halogens is 3. The highest BCUT2D eigenvalue weighted by Gasteiger charge is 2.30. The molecule has 0 aromatic carbocycles. The standard InChI is InChI=1S/C8H5ClF2N2O4/c9-4-2-12-8(13(16)17)6(7(10)11)3(4)1-5(14)15/h2,7H,1H2,(H,14,15). The SMILES string of the molecule is O=C(O)Cc1c(Cl)cnc([N+](=O)[O-])c1C(F)F. The molecule has 0 bridgehead atoms. The molecule has 17 heavy (non-hydrogen) atoms. The zero-order valence-electron chi connectivity index (χ0n) is 8.06. The summed E-state index contributed by atoms with van der Waals surface area (Å²) < 4.78 is 25.4. The summed E-state index contributed by atoms with van der Waals surface area (Å²) in [6.45, 7) is 0. The van der Waals surface area contributed by atoms with E-state index < -0.39 is 40.7 Å². The number of alkyl halides is 2. The predicted octanol–water partition coefficient (Wildman–Crippen LogP) is 2.21.